The standard InChI is InChI=1S/C18H18F3NO4S/c1-3-10(2)27(24,25)16-7-15(18(19,20)21)13(11-4-5-11)6-14(16)17(23)12-8-22-26-9-12/h6-11H,3-5H2,1-2H3. The number of benzene rings is 1. The van der Waals surface area contributed by atoms with Crippen LogP contribution in [-0.2, 0) is 16.0 Å². The monoisotopic (exact) mass is 401 g/mol. The van der Waals surface area contributed by atoms with E-state index in [4.69, 9.17) is 0 Å². The molecule has 1 atom stereocenters. The Kier molecular flexibility index (Phi) is 4.92. The van der Waals surface area contributed by atoms with E-state index in [0.717, 1.165) is 18.5 Å². The number of hydrogen-bond donors (Lipinski definition) is 0. The van der Waals surface area contributed by atoms with Gasteiger partial charge in [-0.1, -0.05) is 12.1 Å². The molecule has 1 heterocycles. The summed E-state index contributed by atoms with van der Waals surface area (Å²) >= 11 is 0. The molecular weight excluding hydrogens is 383 g/mol. The van der Waals surface area contributed by atoms with E-state index >= 15 is 0 Å². The maximum atomic E-state index is 13.6. The Morgan fingerprint density at radius 1 is 1.33 bits per heavy atom. The molecule has 27 heavy (non-hydrogen) atoms. The molecule has 146 valence electrons. The van der Waals surface area contributed by atoms with Crippen molar-refractivity contribution >= 4 is 15.6 Å². The number of carbonyl (C=O) groups excluding carboxylic acids is 1. The van der Waals surface area contributed by atoms with Gasteiger partial charge in [0.05, 0.1) is 27.5 Å². The van der Waals surface area contributed by atoms with Crippen LogP contribution in [0.25, 0.3) is 0 Å². The third-order valence-electron chi connectivity index (χ3n) is 4.82. The van der Waals surface area contributed by atoms with Crippen molar-refractivity contribution in [2.45, 2.75) is 55.3 Å². The van der Waals surface area contributed by atoms with Crippen molar-refractivity contribution in [1.82, 2.24) is 5.16 Å². The Bertz CT molecular complexity index is 961. The van der Waals surface area contributed by atoms with E-state index in [9.17, 15) is 26.4 Å². The minimum absolute atomic E-state index is 0.0166. The van der Waals surface area contributed by atoms with Crippen LogP contribution in [0.1, 0.15) is 66.1 Å². The largest absolute Gasteiger partial charge is 0.416 e. The fraction of sp³-hybridized carbons (Fsp3) is 0.444. The van der Waals surface area contributed by atoms with Crippen molar-refractivity contribution in [1.29, 1.82) is 0 Å². The molecule has 0 radical (unpaired) electrons. The number of carbonyl (C=O) groups is 1. The topological polar surface area (TPSA) is 77.2 Å². The molecule has 2 aromatic rings. The maximum absolute atomic E-state index is 13.6. The molecule has 0 N–H and O–H groups in total. The van der Waals surface area contributed by atoms with E-state index in [0.29, 0.717) is 18.9 Å². The van der Waals surface area contributed by atoms with E-state index < -0.39 is 37.5 Å². The number of alkyl halides is 3. The van der Waals surface area contributed by atoms with Crippen molar-refractivity contribution in [3.05, 3.63) is 46.8 Å². The van der Waals surface area contributed by atoms with E-state index in [1.807, 2.05) is 0 Å². The van der Waals surface area contributed by atoms with Crippen molar-refractivity contribution in [3.8, 4) is 0 Å². The van der Waals surface area contributed by atoms with Gasteiger partial charge in [-0.3, -0.25) is 4.79 Å². The van der Waals surface area contributed by atoms with E-state index in [-0.39, 0.29) is 29.0 Å². The minimum atomic E-state index is -4.71. The van der Waals surface area contributed by atoms with E-state index in [1.54, 1.807) is 6.92 Å². The van der Waals surface area contributed by atoms with Crippen LogP contribution in [0.5, 0.6) is 0 Å². The average Bonchev–Trinajstić information content (AvgIpc) is 3.32. The first-order valence-electron chi connectivity index (χ1n) is 8.50. The molecule has 0 spiro atoms. The molecular formula is C18H18F3NO4S. The number of nitrogens with zero attached hydrogens (tertiary/aromatic N) is 1. The first-order valence-corrected chi connectivity index (χ1v) is 10.0. The zero-order chi connectivity index (χ0) is 20.0. The van der Waals surface area contributed by atoms with Crippen LogP contribution < -0.4 is 0 Å². The van der Waals surface area contributed by atoms with Gasteiger partial charge in [0.25, 0.3) is 0 Å². The van der Waals surface area contributed by atoms with Crippen molar-refractivity contribution < 1.29 is 30.9 Å². The zero-order valence-corrected chi connectivity index (χ0v) is 15.5. The summed E-state index contributed by atoms with van der Waals surface area (Å²) in [5.41, 5.74) is -1.32. The molecule has 1 aliphatic rings. The lowest BCUT2D eigenvalue weighted by Crippen LogP contribution is -2.22. The Morgan fingerprint density at radius 3 is 2.48 bits per heavy atom. The van der Waals surface area contributed by atoms with E-state index in [2.05, 4.69) is 9.68 Å². The Morgan fingerprint density at radius 2 is 2.00 bits per heavy atom. The summed E-state index contributed by atoms with van der Waals surface area (Å²) in [7, 11) is -4.13. The highest BCUT2D eigenvalue weighted by Gasteiger charge is 2.41. The van der Waals surface area contributed by atoms with Crippen LogP contribution in [0.15, 0.2) is 34.0 Å². The van der Waals surface area contributed by atoms with Crippen LogP contribution >= 0.6 is 0 Å². The summed E-state index contributed by atoms with van der Waals surface area (Å²) in [5.74, 6) is -1.05. The van der Waals surface area contributed by atoms with Crippen LogP contribution in [0.4, 0.5) is 13.2 Å². The third-order valence-corrected chi connectivity index (χ3v) is 7.17. The van der Waals surface area contributed by atoms with Crippen LogP contribution in [0.2, 0.25) is 0 Å². The number of rotatable bonds is 6. The average molecular weight is 401 g/mol. The fourth-order valence-corrected chi connectivity index (χ4v) is 4.51. The molecule has 0 bridgehead atoms. The van der Waals surface area contributed by atoms with Crippen LogP contribution in [0, 0.1) is 0 Å². The molecule has 0 aliphatic heterocycles. The quantitative estimate of drug-likeness (QED) is 0.672. The van der Waals surface area contributed by atoms with Gasteiger partial charge in [0.15, 0.2) is 15.6 Å². The summed E-state index contributed by atoms with van der Waals surface area (Å²) in [6.07, 6.45) is -1.22. The van der Waals surface area contributed by atoms with Gasteiger partial charge >= 0.3 is 6.18 Å². The van der Waals surface area contributed by atoms with Crippen molar-refractivity contribution in [2.75, 3.05) is 0 Å². The van der Waals surface area contributed by atoms with Gasteiger partial charge in [-0.25, -0.2) is 8.42 Å². The Hall–Kier alpha value is -2.16. The highest BCUT2D eigenvalue weighted by molar-refractivity contribution is 7.92. The molecule has 1 fully saturated rings. The molecule has 9 heteroatoms. The summed E-state index contributed by atoms with van der Waals surface area (Å²) in [5, 5.41) is 2.48. The molecule has 3 rings (SSSR count). The first-order chi connectivity index (χ1) is 12.6. The van der Waals surface area contributed by atoms with Crippen molar-refractivity contribution in [2.24, 2.45) is 0 Å². The van der Waals surface area contributed by atoms with Crippen molar-refractivity contribution in [3.63, 3.8) is 0 Å². The lowest BCUT2D eigenvalue weighted by molar-refractivity contribution is -0.138. The molecule has 1 saturated carbocycles. The number of ketones is 1. The smallest absolute Gasteiger partial charge is 0.364 e. The third kappa shape index (κ3) is 3.65. The van der Waals surface area contributed by atoms with Gasteiger partial charge < -0.3 is 4.52 Å². The molecule has 1 aromatic heterocycles. The summed E-state index contributed by atoms with van der Waals surface area (Å²) in [6, 6.07) is 1.71. The van der Waals surface area contributed by atoms with Crippen LogP contribution in [-0.4, -0.2) is 24.6 Å². The lowest BCUT2D eigenvalue weighted by atomic mass is 9.96. The zero-order valence-electron chi connectivity index (χ0n) is 14.7. The summed E-state index contributed by atoms with van der Waals surface area (Å²) < 4.78 is 71.1. The molecule has 5 nitrogen and oxygen atoms in total. The second-order valence-corrected chi connectivity index (χ2v) is 9.05. The summed E-state index contributed by atoms with van der Waals surface area (Å²) in [4.78, 5) is 12.2. The highest BCUT2D eigenvalue weighted by Crippen LogP contribution is 2.47. The highest BCUT2D eigenvalue weighted by atomic mass is 32.2. The Balaban J connectivity index is 2.30. The number of hydrogen-bond acceptors (Lipinski definition) is 5. The number of aromatic nitrogens is 1. The molecule has 0 amide bonds. The van der Waals surface area contributed by atoms with Crippen LogP contribution in [0.3, 0.4) is 0 Å². The van der Waals surface area contributed by atoms with Gasteiger partial charge in [0, 0.05) is 5.56 Å². The minimum Gasteiger partial charge on any atom is -0.364 e. The molecule has 0 saturated heterocycles. The van der Waals surface area contributed by atoms with Gasteiger partial charge in [0.2, 0.25) is 0 Å². The van der Waals surface area contributed by atoms with Gasteiger partial charge in [0.1, 0.15) is 6.26 Å². The Labute approximate surface area is 154 Å². The molecule has 1 unspecified atom stereocenters. The molecule has 1 aliphatic carbocycles. The fourth-order valence-electron chi connectivity index (χ4n) is 2.90. The lowest BCUT2D eigenvalue weighted by Gasteiger charge is -2.19. The second kappa shape index (κ2) is 6.78. The SMILES string of the molecule is CCC(C)S(=O)(=O)c1cc(C(F)(F)F)c(C2CC2)cc1C(=O)c1cnoc1. The second-order valence-electron chi connectivity index (χ2n) is 6.71. The van der Waals surface area contributed by atoms with Gasteiger partial charge in [-0.2, -0.15) is 13.2 Å². The first kappa shape index (κ1) is 19.6. The number of halogens is 3. The predicted molar refractivity (Wildman–Crippen MR) is 90.3 cm³/mol. The number of sulfone groups is 1. The van der Waals surface area contributed by atoms with Gasteiger partial charge in [-0.05, 0) is 49.8 Å². The molecule has 1 aromatic carbocycles. The maximum Gasteiger partial charge on any atom is 0.416 e. The predicted octanol–water partition coefficient (Wildman–Crippen LogP) is 4.37. The normalized spacial score (nSPS) is 16.3. The van der Waals surface area contributed by atoms with E-state index in [1.165, 1.54) is 6.92 Å². The van der Waals surface area contributed by atoms with Gasteiger partial charge in [-0.15, -0.1) is 0 Å². The summed E-state index contributed by atoms with van der Waals surface area (Å²) in [6.45, 7) is 3.03.